The average molecular weight is 315 g/mol. The molecule has 0 N–H and O–H groups in total. The van der Waals surface area contributed by atoms with Crippen molar-refractivity contribution in [3.8, 4) is 0 Å². The molecular formula is C19H29N3O. The molecule has 0 aromatic carbocycles. The Balaban J connectivity index is 1.65. The summed E-state index contributed by atoms with van der Waals surface area (Å²) in [6, 6.07) is 4.03. The molecule has 1 unspecified atom stereocenters. The van der Waals surface area contributed by atoms with Gasteiger partial charge >= 0.3 is 0 Å². The molecule has 1 aromatic heterocycles. The molecule has 3 rings (SSSR count). The highest BCUT2D eigenvalue weighted by atomic mass is 16.2. The first-order chi connectivity index (χ1) is 11.2. The zero-order valence-electron chi connectivity index (χ0n) is 14.3. The second-order valence-corrected chi connectivity index (χ2v) is 7.34. The van der Waals surface area contributed by atoms with Crippen LogP contribution in [0.4, 0.5) is 0 Å². The summed E-state index contributed by atoms with van der Waals surface area (Å²) in [6.07, 6.45) is 10.5. The van der Waals surface area contributed by atoms with E-state index in [1.54, 1.807) is 0 Å². The standard InChI is InChI=1S/C19H29N3O/c1-2-3-12-21-13-4-8-19(15-21)9-5-18(23)22(16-19)14-17-6-10-20-11-7-17/h6-7,10-11H,2-5,8-9,12-16H2,1H3. The fourth-order valence-electron chi connectivity index (χ4n) is 4.17. The SMILES string of the molecule is CCCCN1CCCC2(CCC(=O)N(Cc3ccncc3)C2)C1. The van der Waals surface area contributed by atoms with Crippen LogP contribution in [0.2, 0.25) is 0 Å². The van der Waals surface area contributed by atoms with E-state index in [0.29, 0.717) is 17.7 Å². The minimum Gasteiger partial charge on any atom is -0.338 e. The maximum Gasteiger partial charge on any atom is 0.222 e. The Kier molecular flexibility index (Phi) is 5.31. The first kappa shape index (κ1) is 16.4. The smallest absolute Gasteiger partial charge is 0.222 e. The second kappa shape index (κ2) is 7.43. The quantitative estimate of drug-likeness (QED) is 0.838. The van der Waals surface area contributed by atoms with Gasteiger partial charge in [-0.05, 0) is 56.5 Å². The summed E-state index contributed by atoms with van der Waals surface area (Å²) in [7, 11) is 0. The maximum absolute atomic E-state index is 12.4. The third kappa shape index (κ3) is 4.11. The van der Waals surface area contributed by atoms with Crippen LogP contribution in [0.1, 0.15) is 51.0 Å². The Hall–Kier alpha value is -1.42. The van der Waals surface area contributed by atoms with Gasteiger partial charge in [-0.2, -0.15) is 0 Å². The van der Waals surface area contributed by atoms with Crippen LogP contribution in [-0.4, -0.2) is 46.9 Å². The lowest BCUT2D eigenvalue weighted by atomic mass is 9.73. The molecule has 1 atom stereocenters. The fraction of sp³-hybridized carbons (Fsp3) is 0.684. The zero-order chi connectivity index (χ0) is 16.1. The molecule has 1 amide bonds. The van der Waals surface area contributed by atoms with Gasteiger partial charge in [0.25, 0.3) is 0 Å². The molecule has 4 nitrogen and oxygen atoms in total. The Labute approximate surface area is 139 Å². The average Bonchev–Trinajstić information content (AvgIpc) is 2.58. The molecule has 2 aliphatic heterocycles. The Morgan fingerprint density at radius 1 is 1.22 bits per heavy atom. The predicted molar refractivity (Wildman–Crippen MR) is 91.9 cm³/mol. The number of unbranched alkanes of at least 4 members (excludes halogenated alkanes) is 1. The number of amides is 1. The van der Waals surface area contributed by atoms with Crippen molar-refractivity contribution in [3.05, 3.63) is 30.1 Å². The highest BCUT2D eigenvalue weighted by Gasteiger charge is 2.41. The fourth-order valence-corrected chi connectivity index (χ4v) is 4.17. The highest BCUT2D eigenvalue weighted by Crippen LogP contribution is 2.39. The normalized spacial score (nSPS) is 26.0. The molecule has 1 aromatic rings. The van der Waals surface area contributed by atoms with Crippen LogP contribution in [0, 0.1) is 5.41 Å². The van der Waals surface area contributed by atoms with E-state index in [0.717, 1.165) is 19.5 Å². The van der Waals surface area contributed by atoms with Gasteiger partial charge in [0.05, 0.1) is 0 Å². The van der Waals surface area contributed by atoms with Crippen molar-refractivity contribution in [2.24, 2.45) is 5.41 Å². The molecule has 23 heavy (non-hydrogen) atoms. The lowest BCUT2D eigenvalue weighted by Crippen LogP contribution is -2.53. The van der Waals surface area contributed by atoms with Crippen molar-refractivity contribution < 1.29 is 4.79 Å². The molecule has 126 valence electrons. The molecule has 4 heteroatoms. The van der Waals surface area contributed by atoms with Gasteiger partial charge in [-0.25, -0.2) is 0 Å². The number of nitrogens with zero attached hydrogens (tertiary/aromatic N) is 3. The van der Waals surface area contributed by atoms with Crippen molar-refractivity contribution in [2.75, 3.05) is 26.2 Å². The summed E-state index contributed by atoms with van der Waals surface area (Å²) in [5.74, 6) is 0.318. The summed E-state index contributed by atoms with van der Waals surface area (Å²) in [6.45, 7) is 7.55. The molecule has 0 bridgehead atoms. The molecule has 2 fully saturated rings. The van der Waals surface area contributed by atoms with E-state index < -0.39 is 0 Å². The Morgan fingerprint density at radius 2 is 2.04 bits per heavy atom. The molecule has 0 saturated carbocycles. The number of carbonyl (C=O) groups is 1. The van der Waals surface area contributed by atoms with Crippen molar-refractivity contribution in [1.29, 1.82) is 0 Å². The number of piperidine rings is 2. The van der Waals surface area contributed by atoms with Crippen molar-refractivity contribution in [1.82, 2.24) is 14.8 Å². The number of hydrogen-bond acceptors (Lipinski definition) is 3. The second-order valence-electron chi connectivity index (χ2n) is 7.34. The zero-order valence-corrected chi connectivity index (χ0v) is 14.3. The lowest BCUT2D eigenvalue weighted by molar-refractivity contribution is -0.140. The monoisotopic (exact) mass is 315 g/mol. The Morgan fingerprint density at radius 3 is 2.83 bits per heavy atom. The van der Waals surface area contributed by atoms with E-state index in [2.05, 4.69) is 21.7 Å². The number of carbonyl (C=O) groups excluding carboxylic acids is 1. The summed E-state index contributed by atoms with van der Waals surface area (Å²) < 4.78 is 0. The van der Waals surface area contributed by atoms with Gasteiger partial charge in [0, 0.05) is 43.9 Å². The number of rotatable bonds is 5. The number of likely N-dealkylation sites (tertiary alicyclic amines) is 2. The molecular weight excluding hydrogens is 286 g/mol. The van der Waals surface area contributed by atoms with Crippen LogP contribution < -0.4 is 0 Å². The van der Waals surface area contributed by atoms with Crippen LogP contribution in [0.25, 0.3) is 0 Å². The molecule has 2 aliphatic rings. The van der Waals surface area contributed by atoms with Crippen LogP contribution in [0.5, 0.6) is 0 Å². The van der Waals surface area contributed by atoms with Crippen LogP contribution in [-0.2, 0) is 11.3 Å². The van der Waals surface area contributed by atoms with E-state index in [9.17, 15) is 4.79 Å². The van der Waals surface area contributed by atoms with E-state index in [1.165, 1.54) is 50.9 Å². The number of hydrogen-bond donors (Lipinski definition) is 0. The first-order valence-electron chi connectivity index (χ1n) is 9.10. The lowest BCUT2D eigenvalue weighted by Gasteiger charge is -2.48. The maximum atomic E-state index is 12.4. The predicted octanol–water partition coefficient (Wildman–Crippen LogP) is 3.09. The summed E-state index contributed by atoms with van der Waals surface area (Å²) in [5, 5.41) is 0. The van der Waals surface area contributed by atoms with Gasteiger partial charge in [-0.3, -0.25) is 9.78 Å². The van der Waals surface area contributed by atoms with E-state index in [4.69, 9.17) is 0 Å². The minimum absolute atomic E-state index is 0.318. The molecule has 3 heterocycles. The highest BCUT2D eigenvalue weighted by molar-refractivity contribution is 5.77. The molecule has 0 radical (unpaired) electrons. The van der Waals surface area contributed by atoms with E-state index >= 15 is 0 Å². The first-order valence-corrected chi connectivity index (χ1v) is 9.10. The van der Waals surface area contributed by atoms with Crippen LogP contribution >= 0.6 is 0 Å². The van der Waals surface area contributed by atoms with Gasteiger partial charge in [0.1, 0.15) is 0 Å². The van der Waals surface area contributed by atoms with Crippen LogP contribution in [0.15, 0.2) is 24.5 Å². The number of pyridine rings is 1. The summed E-state index contributed by atoms with van der Waals surface area (Å²) in [5.41, 5.74) is 1.51. The van der Waals surface area contributed by atoms with Gasteiger partial charge in [0.15, 0.2) is 0 Å². The summed E-state index contributed by atoms with van der Waals surface area (Å²) >= 11 is 0. The van der Waals surface area contributed by atoms with E-state index in [-0.39, 0.29) is 0 Å². The van der Waals surface area contributed by atoms with Gasteiger partial charge in [0.2, 0.25) is 5.91 Å². The molecule has 1 spiro atoms. The van der Waals surface area contributed by atoms with Gasteiger partial charge in [-0.1, -0.05) is 13.3 Å². The molecule has 0 aliphatic carbocycles. The topological polar surface area (TPSA) is 36.4 Å². The Bertz CT molecular complexity index is 519. The largest absolute Gasteiger partial charge is 0.338 e. The van der Waals surface area contributed by atoms with Gasteiger partial charge in [-0.15, -0.1) is 0 Å². The third-order valence-corrected chi connectivity index (χ3v) is 5.44. The van der Waals surface area contributed by atoms with Crippen LogP contribution in [0.3, 0.4) is 0 Å². The summed E-state index contributed by atoms with van der Waals surface area (Å²) in [4.78, 5) is 21.2. The van der Waals surface area contributed by atoms with Crippen molar-refractivity contribution >= 4 is 5.91 Å². The van der Waals surface area contributed by atoms with Crippen molar-refractivity contribution in [3.63, 3.8) is 0 Å². The van der Waals surface area contributed by atoms with Gasteiger partial charge < -0.3 is 9.80 Å². The molecule has 2 saturated heterocycles. The third-order valence-electron chi connectivity index (χ3n) is 5.44. The minimum atomic E-state index is 0.318. The van der Waals surface area contributed by atoms with E-state index in [1.807, 2.05) is 24.5 Å². The number of aromatic nitrogens is 1. The van der Waals surface area contributed by atoms with Crippen molar-refractivity contribution in [2.45, 2.75) is 52.0 Å².